The second-order valence-electron chi connectivity index (χ2n) is 28.7. The molecule has 118 heavy (non-hydrogen) atoms. The van der Waals surface area contributed by atoms with Gasteiger partial charge in [0.15, 0.2) is 5.78 Å². The van der Waals surface area contributed by atoms with E-state index in [1.54, 1.807) is 83.7 Å². The molecule has 1 unspecified atom stereocenters. The average molecular weight is 1660 g/mol. The Hall–Kier alpha value is -9.27. The number of unbranched alkanes of at least 4 members (excludes halogenated alkanes) is 2. The number of aryl methyl sites for hydroxylation is 1. The van der Waals surface area contributed by atoms with Gasteiger partial charge >= 0.3 is 0 Å². The summed E-state index contributed by atoms with van der Waals surface area (Å²) in [6.45, 7) is 24.2. The summed E-state index contributed by atoms with van der Waals surface area (Å²) in [6, 6.07) is 27.0. The number of carbonyl (C=O) groups excluding carboxylic acids is 8. The van der Waals surface area contributed by atoms with Crippen LogP contribution in [0.25, 0.3) is 0 Å². The van der Waals surface area contributed by atoms with Gasteiger partial charge in [-0.25, -0.2) is 4.68 Å². The van der Waals surface area contributed by atoms with Crippen molar-refractivity contribution in [3.8, 4) is 5.75 Å². The molecule has 4 atom stereocenters. The lowest BCUT2D eigenvalue weighted by atomic mass is 9.90. The van der Waals surface area contributed by atoms with Gasteiger partial charge < -0.3 is 102 Å². The lowest BCUT2D eigenvalue weighted by molar-refractivity contribution is -0.129. The van der Waals surface area contributed by atoms with Gasteiger partial charge in [0.25, 0.3) is 23.6 Å². The molecule has 0 fully saturated rings. The molecule has 5 rings (SSSR count). The molecular formula is C84H131N15O19. The topological polar surface area (TPSA) is 469 Å². The van der Waals surface area contributed by atoms with Crippen LogP contribution in [0.4, 0.5) is 0 Å². The van der Waals surface area contributed by atoms with Crippen LogP contribution in [0.15, 0.2) is 108 Å². The highest BCUT2D eigenvalue weighted by atomic mass is 16.6. The molecule has 0 aliphatic carbocycles. The van der Waals surface area contributed by atoms with Crippen LogP contribution in [-0.4, -0.2) is 244 Å². The molecule has 15 N–H and O–H groups in total. The van der Waals surface area contributed by atoms with Gasteiger partial charge in [0.1, 0.15) is 30.7 Å². The molecule has 34 heteroatoms. The number of ketones is 1. The number of nitrogens with two attached hydrogens (primary N) is 4. The molecule has 0 radical (unpaired) electrons. The van der Waals surface area contributed by atoms with Crippen molar-refractivity contribution in [1.29, 1.82) is 0 Å². The average Bonchev–Trinajstić information content (AvgIpc) is 1.70. The van der Waals surface area contributed by atoms with E-state index in [9.17, 15) is 38.4 Å². The minimum atomic E-state index is -0.775. The van der Waals surface area contributed by atoms with E-state index in [2.05, 4.69) is 52.7 Å². The number of carbonyl (C=O) groups is 8. The minimum Gasteiger partial charge on any atom is -0.487 e. The number of aromatic nitrogens is 3. The fourth-order valence-electron chi connectivity index (χ4n) is 11.4. The number of ether oxygens (including phenoxy) is 10. The van der Waals surface area contributed by atoms with E-state index in [0.29, 0.717) is 237 Å². The third-order valence-corrected chi connectivity index (χ3v) is 17.5. The van der Waals surface area contributed by atoms with E-state index in [1.165, 1.54) is 0 Å². The molecule has 0 aliphatic heterocycles. The Balaban J connectivity index is 0.000000717. The van der Waals surface area contributed by atoms with Gasteiger partial charge in [-0.3, -0.25) is 49.0 Å². The first kappa shape index (κ1) is 101. The first-order valence-electron chi connectivity index (χ1n) is 40.7. The molecule has 0 spiro atoms. The Bertz CT molecular complexity index is 3680. The summed E-state index contributed by atoms with van der Waals surface area (Å²) in [7, 11) is 0. The summed E-state index contributed by atoms with van der Waals surface area (Å²) < 4.78 is 57.3. The minimum absolute atomic E-state index is 0.0581. The zero-order valence-electron chi connectivity index (χ0n) is 70.1. The molecule has 0 saturated heterocycles. The van der Waals surface area contributed by atoms with Gasteiger partial charge in [-0.1, -0.05) is 92.5 Å². The van der Waals surface area contributed by atoms with E-state index in [0.717, 1.165) is 22.4 Å². The first-order chi connectivity index (χ1) is 57.0. The lowest BCUT2D eigenvalue weighted by Crippen LogP contribution is -2.53. The maximum absolute atomic E-state index is 13.0. The number of amides is 7. The molecule has 0 bridgehead atoms. The van der Waals surface area contributed by atoms with Crippen molar-refractivity contribution in [3.05, 3.63) is 148 Å². The Morgan fingerprint density at radius 3 is 1.37 bits per heavy atom. The van der Waals surface area contributed by atoms with Gasteiger partial charge in [-0.05, 0) is 143 Å². The van der Waals surface area contributed by atoms with Crippen molar-refractivity contribution in [3.63, 3.8) is 0 Å². The molecule has 0 aliphatic rings. The summed E-state index contributed by atoms with van der Waals surface area (Å²) in [6.07, 6.45) is 6.35. The molecule has 7 amide bonds. The molecular weight excluding hydrogens is 1520 g/mol. The third-order valence-electron chi connectivity index (χ3n) is 17.5. The van der Waals surface area contributed by atoms with Gasteiger partial charge in [0.2, 0.25) is 17.7 Å². The second-order valence-corrected chi connectivity index (χ2v) is 28.7. The van der Waals surface area contributed by atoms with Gasteiger partial charge in [-0.15, -0.1) is 5.10 Å². The van der Waals surface area contributed by atoms with Crippen LogP contribution in [0.2, 0.25) is 0 Å². The van der Waals surface area contributed by atoms with Crippen molar-refractivity contribution >= 4 is 52.8 Å². The maximum atomic E-state index is 13.0. The van der Waals surface area contributed by atoms with E-state index >= 15 is 0 Å². The monoisotopic (exact) mass is 1650 g/mol. The number of hydrogen-bond acceptors (Lipinski definition) is 26. The van der Waals surface area contributed by atoms with E-state index in [4.69, 9.17) is 75.1 Å². The zero-order valence-corrected chi connectivity index (χ0v) is 70.1. The molecule has 1 aromatic heterocycles. The van der Waals surface area contributed by atoms with Crippen LogP contribution in [0.1, 0.15) is 163 Å². The summed E-state index contributed by atoms with van der Waals surface area (Å²) >= 11 is 0. The van der Waals surface area contributed by atoms with Crippen LogP contribution < -0.4 is 64.9 Å². The SMILES string of the molecule is CC(C)=NOCc1cccc(C(=O)NCCCCC(NC(=O)[C@H](CC(C)C)NCN)C(N)=O)c1.Cc1ccc(C(=O)NCCOCCOCCOCCOCCOCCOCCOCCOCCOCCNC(=O)c2cccc(OCc3cn(Cc4cccc(C(=O)NCCCC[C@H](CC(=O)[C@H](CC(C)C)NCN)C(N)=O)c4)nn3)c2)cc1. The maximum Gasteiger partial charge on any atom is 0.251 e. The fraction of sp³-hybridized carbons (Fsp3) is 0.583. The molecule has 5 aromatic rings. The normalized spacial score (nSPS) is 12.2. The van der Waals surface area contributed by atoms with Crippen molar-refractivity contribution in [2.75, 3.05) is 158 Å². The molecule has 4 aromatic carbocycles. The number of oxime groups is 1. The van der Waals surface area contributed by atoms with Crippen LogP contribution >= 0.6 is 0 Å². The lowest BCUT2D eigenvalue weighted by Gasteiger charge is -2.22. The first-order valence-corrected chi connectivity index (χ1v) is 40.7. The van der Waals surface area contributed by atoms with E-state index in [1.807, 2.05) is 72.7 Å². The number of nitrogens with one attached hydrogen (secondary N) is 7. The Morgan fingerprint density at radius 1 is 0.466 bits per heavy atom. The van der Waals surface area contributed by atoms with Crippen molar-refractivity contribution < 1.29 is 90.6 Å². The smallest absolute Gasteiger partial charge is 0.251 e. The predicted molar refractivity (Wildman–Crippen MR) is 446 cm³/mol. The number of Topliss-reactive ketones (excluding diaryl/α,β-unsaturated/α-hetero) is 1. The predicted octanol–water partition coefficient (Wildman–Crippen LogP) is 4.79. The number of nitrogens with zero attached hydrogens (tertiary/aromatic N) is 4. The van der Waals surface area contributed by atoms with E-state index < -0.39 is 35.9 Å². The van der Waals surface area contributed by atoms with Crippen LogP contribution in [0.3, 0.4) is 0 Å². The quantitative estimate of drug-likeness (QED) is 0.0108. The summed E-state index contributed by atoms with van der Waals surface area (Å²) in [5, 5.41) is 32.5. The molecule has 34 nitrogen and oxygen atoms in total. The highest BCUT2D eigenvalue weighted by Crippen LogP contribution is 2.19. The highest BCUT2D eigenvalue weighted by molar-refractivity contribution is 5.96. The Labute approximate surface area is 694 Å². The number of benzene rings is 4. The molecule has 0 saturated carbocycles. The summed E-state index contributed by atoms with van der Waals surface area (Å²) in [4.78, 5) is 105. The standard InChI is InChI=1S/C60H91N9O15.C24H40N6O4/c1-46(2)38-55(66-45-61)56(70)41-50(57(62)71)9-4-5-17-63-59(73)51-10-6-8-48(39-51)42-69-43-53(67-68-69)44-84-54-12-7-11-52(40-54)60(74)65-19-21-76-23-25-78-27-29-80-31-33-82-35-37-83-36-34-81-32-30-79-28-26-77-24-22-75-20-18-64-58(72)49-15-13-47(3)14-16-49;1-16(2)12-21(28-15-25)24(33)29-20(22(26)31)10-5-6-11-27-23(32)19-9-7-8-18(13-19)14-34-30-17(3)4/h6-8,10-16,39-40,43,46,50,55,66H,4-5,9,17-38,41-42,44-45,61H2,1-3H3,(H2,62,71)(H,63,73)(H,64,72)(H,65,74);7-9,13,16,20-21,28H,5-6,10-12,14-15,25H2,1-4H3,(H2,26,31)(H,27,32)(H,29,33)/t50-,55+;20?,21-/m10/s1. The number of hydrogen-bond donors (Lipinski definition) is 11. The zero-order chi connectivity index (χ0) is 85.8. The largest absolute Gasteiger partial charge is 0.487 e. The summed E-state index contributed by atoms with van der Waals surface area (Å²) in [5.41, 5.74) is 28.6. The van der Waals surface area contributed by atoms with Gasteiger partial charge in [0, 0.05) is 74.1 Å². The van der Waals surface area contributed by atoms with Crippen molar-refractivity contribution in [1.82, 2.24) is 52.2 Å². The number of primary amides is 2. The highest BCUT2D eigenvalue weighted by Gasteiger charge is 2.27. The second kappa shape index (κ2) is 62.9. The van der Waals surface area contributed by atoms with Gasteiger partial charge in [-0.2, -0.15) is 0 Å². The fourth-order valence-corrected chi connectivity index (χ4v) is 11.4. The number of rotatable bonds is 67. The van der Waals surface area contributed by atoms with E-state index in [-0.39, 0.29) is 80.1 Å². The van der Waals surface area contributed by atoms with Crippen molar-refractivity contribution in [2.24, 2.45) is 45.8 Å². The van der Waals surface area contributed by atoms with Gasteiger partial charge in [0.05, 0.1) is 149 Å². The summed E-state index contributed by atoms with van der Waals surface area (Å²) in [5.74, 6) is -1.78. The molecule has 1 heterocycles. The molecule has 656 valence electrons. The third kappa shape index (κ3) is 47.4. The van der Waals surface area contributed by atoms with Crippen LogP contribution in [0, 0.1) is 24.7 Å². The van der Waals surface area contributed by atoms with Crippen LogP contribution in [-0.2, 0) is 86.4 Å². The Kier molecular flexibility index (Phi) is 53.8. The van der Waals surface area contributed by atoms with Crippen LogP contribution in [0.5, 0.6) is 5.75 Å². The Morgan fingerprint density at radius 2 is 0.898 bits per heavy atom. The van der Waals surface area contributed by atoms with Crippen molar-refractivity contribution in [2.45, 2.75) is 144 Å².